The summed E-state index contributed by atoms with van der Waals surface area (Å²) in [7, 11) is -3.60. The van der Waals surface area contributed by atoms with E-state index in [0.29, 0.717) is 16.8 Å². The SMILES string of the molecule is CCNS(=O)(=O)c1ccc(C)c(C(=O)Nc2ccc(Br)cc2)c1. The molecule has 7 heteroatoms. The van der Waals surface area contributed by atoms with E-state index < -0.39 is 10.0 Å². The van der Waals surface area contributed by atoms with Crippen LogP contribution in [0.2, 0.25) is 0 Å². The van der Waals surface area contributed by atoms with E-state index in [1.807, 2.05) is 12.1 Å². The van der Waals surface area contributed by atoms with Crippen molar-refractivity contribution in [3.05, 3.63) is 58.1 Å². The summed E-state index contributed by atoms with van der Waals surface area (Å²) in [6.45, 7) is 3.75. The molecule has 1 amide bonds. The topological polar surface area (TPSA) is 75.3 Å². The number of carbonyl (C=O) groups is 1. The Bertz CT molecular complexity index is 818. The molecule has 0 aliphatic carbocycles. The predicted octanol–water partition coefficient (Wildman–Crippen LogP) is 3.31. The molecule has 0 saturated carbocycles. The van der Waals surface area contributed by atoms with Gasteiger partial charge in [-0.15, -0.1) is 0 Å². The lowest BCUT2D eigenvalue weighted by atomic mass is 10.1. The molecule has 0 aliphatic rings. The van der Waals surface area contributed by atoms with Gasteiger partial charge in [-0.2, -0.15) is 0 Å². The third-order valence-corrected chi connectivity index (χ3v) is 5.27. The van der Waals surface area contributed by atoms with Crippen molar-refractivity contribution >= 4 is 37.5 Å². The van der Waals surface area contributed by atoms with Crippen LogP contribution in [-0.2, 0) is 10.0 Å². The summed E-state index contributed by atoms with van der Waals surface area (Å²) in [5.41, 5.74) is 1.67. The van der Waals surface area contributed by atoms with Crippen LogP contribution in [0.3, 0.4) is 0 Å². The smallest absolute Gasteiger partial charge is 0.255 e. The minimum absolute atomic E-state index is 0.0749. The number of rotatable bonds is 5. The molecule has 0 fully saturated rings. The van der Waals surface area contributed by atoms with Crippen LogP contribution < -0.4 is 10.0 Å². The molecule has 23 heavy (non-hydrogen) atoms. The second-order valence-electron chi connectivity index (χ2n) is 4.94. The normalized spacial score (nSPS) is 11.3. The van der Waals surface area contributed by atoms with E-state index in [0.717, 1.165) is 4.47 Å². The summed E-state index contributed by atoms with van der Waals surface area (Å²) in [5.74, 6) is -0.349. The number of halogens is 1. The zero-order chi connectivity index (χ0) is 17.0. The molecule has 0 unspecified atom stereocenters. The van der Waals surface area contributed by atoms with Crippen LogP contribution in [0, 0.1) is 6.92 Å². The van der Waals surface area contributed by atoms with Gasteiger partial charge < -0.3 is 5.32 Å². The van der Waals surface area contributed by atoms with Crippen molar-refractivity contribution in [1.82, 2.24) is 4.72 Å². The molecular weight excluding hydrogens is 380 g/mol. The zero-order valence-corrected chi connectivity index (χ0v) is 15.2. The van der Waals surface area contributed by atoms with E-state index >= 15 is 0 Å². The first-order valence-corrected chi connectivity index (χ1v) is 9.28. The highest BCUT2D eigenvalue weighted by atomic mass is 79.9. The summed E-state index contributed by atoms with van der Waals surface area (Å²) >= 11 is 3.33. The van der Waals surface area contributed by atoms with Crippen LogP contribution in [0.1, 0.15) is 22.8 Å². The van der Waals surface area contributed by atoms with Gasteiger partial charge in [-0.1, -0.05) is 28.9 Å². The van der Waals surface area contributed by atoms with Gasteiger partial charge in [-0.25, -0.2) is 13.1 Å². The van der Waals surface area contributed by atoms with Crippen molar-refractivity contribution in [2.75, 3.05) is 11.9 Å². The van der Waals surface area contributed by atoms with E-state index in [1.165, 1.54) is 12.1 Å². The number of hydrogen-bond donors (Lipinski definition) is 2. The summed E-state index contributed by atoms with van der Waals surface area (Å²) < 4.78 is 27.5. The molecule has 0 bridgehead atoms. The molecule has 0 saturated heterocycles. The molecule has 2 aromatic carbocycles. The van der Waals surface area contributed by atoms with Crippen molar-refractivity contribution in [2.45, 2.75) is 18.7 Å². The average molecular weight is 397 g/mol. The van der Waals surface area contributed by atoms with Crippen molar-refractivity contribution in [1.29, 1.82) is 0 Å². The standard InChI is InChI=1S/C16H17BrN2O3S/c1-3-18-23(21,22)14-9-4-11(2)15(10-14)16(20)19-13-7-5-12(17)6-8-13/h4-10,18H,3H2,1-2H3,(H,19,20). The third kappa shape index (κ3) is 4.40. The largest absolute Gasteiger partial charge is 0.322 e. The summed E-state index contributed by atoms with van der Waals surface area (Å²) in [5, 5.41) is 2.76. The Morgan fingerprint density at radius 1 is 1.13 bits per heavy atom. The van der Waals surface area contributed by atoms with Gasteiger partial charge in [0, 0.05) is 22.3 Å². The molecule has 0 atom stereocenters. The quantitative estimate of drug-likeness (QED) is 0.813. The molecule has 0 heterocycles. The first-order valence-electron chi connectivity index (χ1n) is 7.00. The Labute approximate surface area is 144 Å². The summed E-state index contributed by atoms with van der Waals surface area (Å²) in [6, 6.07) is 11.7. The molecule has 0 spiro atoms. The highest BCUT2D eigenvalue weighted by Gasteiger charge is 2.17. The van der Waals surface area contributed by atoms with Crippen LogP contribution in [0.5, 0.6) is 0 Å². The highest BCUT2D eigenvalue weighted by Crippen LogP contribution is 2.19. The molecule has 0 aliphatic heterocycles. The summed E-state index contributed by atoms with van der Waals surface area (Å²) in [6.07, 6.45) is 0. The molecule has 0 aromatic heterocycles. The van der Waals surface area contributed by atoms with Crippen LogP contribution >= 0.6 is 15.9 Å². The zero-order valence-electron chi connectivity index (χ0n) is 12.8. The number of nitrogens with one attached hydrogen (secondary N) is 2. The summed E-state index contributed by atoms with van der Waals surface area (Å²) in [4.78, 5) is 12.5. The van der Waals surface area contributed by atoms with Crippen LogP contribution in [-0.4, -0.2) is 20.9 Å². The van der Waals surface area contributed by atoms with Gasteiger partial charge in [-0.05, 0) is 48.9 Å². The minimum Gasteiger partial charge on any atom is -0.322 e. The number of aryl methyl sites for hydroxylation is 1. The molecule has 5 nitrogen and oxygen atoms in total. The van der Waals surface area contributed by atoms with Gasteiger partial charge in [0.25, 0.3) is 5.91 Å². The van der Waals surface area contributed by atoms with E-state index in [1.54, 1.807) is 32.0 Å². The Hall–Kier alpha value is -1.70. The molecular formula is C16H17BrN2O3S. The highest BCUT2D eigenvalue weighted by molar-refractivity contribution is 9.10. The maximum absolute atomic E-state index is 12.4. The molecule has 2 N–H and O–H groups in total. The van der Waals surface area contributed by atoms with E-state index in [-0.39, 0.29) is 17.3 Å². The van der Waals surface area contributed by atoms with Gasteiger partial charge in [0.15, 0.2) is 0 Å². The number of hydrogen-bond acceptors (Lipinski definition) is 3. The molecule has 2 aromatic rings. The Morgan fingerprint density at radius 2 is 1.78 bits per heavy atom. The average Bonchev–Trinajstić information content (AvgIpc) is 2.49. The second-order valence-corrected chi connectivity index (χ2v) is 7.62. The van der Waals surface area contributed by atoms with Gasteiger partial charge in [0.2, 0.25) is 10.0 Å². The number of anilines is 1. The lowest BCUT2D eigenvalue weighted by Crippen LogP contribution is -2.24. The lowest BCUT2D eigenvalue weighted by molar-refractivity contribution is 0.102. The minimum atomic E-state index is -3.60. The third-order valence-electron chi connectivity index (χ3n) is 3.20. The Balaban J connectivity index is 2.31. The van der Waals surface area contributed by atoms with Gasteiger partial charge in [-0.3, -0.25) is 4.79 Å². The maximum atomic E-state index is 12.4. The number of sulfonamides is 1. The van der Waals surface area contributed by atoms with Gasteiger partial charge in [0.05, 0.1) is 4.90 Å². The van der Waals surface area contributed by atoms with Crippen molar-refractivity contribution in [3.63, 3.8) is 0 Å². The van der Waals surface area contributed by atoms with Crippen molar-refractivity contribution < 1.29 is 13.2 Å². The fourth-order valence-electron chi connectivity index (χ4n) is 2.02. The van der Waals surface area contributed by atoms with Crippen LogP contribution in [0.4, 0.5) is 5.69 Å². The van der Waals surface area contributed by atoms with Gasteiger partial charge in [0.1, 0.15) is 0 Å². The van der Waals surface area contributed by atoms with E-state index in [2.05, 4.69) is 26.0 Å². The number of carbonyl (C=O) groups excluding carboxylic acids is 1. The predicted molar refractivity (Wildman–Crippen MR) is 94.1 cm³/mol. The fraction of sp³-hybridized carbons (Fsp3) is 0.188. The van der Waals surface area contributed by atoms with Crippen molar-refractivity contribution in [2.24, 2.45) is 0 Å². The first-order chi connectivity index (χ1) is 10.8. The van der Waals surface area contributed by atoms with E-state index in [9.17, 15) is 13.2 Å². The molecule has 122 valence electrons. The Morgan fingerprint density at radius 3 is 2.39 bits per heavy atom. The molecule has 2 rings (SSSR count). The van der Waals surface area contributed by atoms with Crippen LogP contribution in [0.25, 0.3) is 0 Å². The Kier molecular flexibility index (Phi) is 5.56. The number of amides is 1. The van der Waals surface area contributed by atoms with Crippen molar-refractivity contribution in [3.8, 4) is 0 Å². The van der Waals surface area contributed by atoms with E-state index in [4.69, 9.17) is 0 Å². The fourth-order valence-corrected chi connectivity index (χ4v) is 3.35. The first kappa shape index (κ1) is 17.7. The van der Waals surface area contributed by atoms with Gasteiger partial charge >= 0.3 is 0 Å². The number of benzene rings is 2. The maximum Gasteiger partial charge on any atom is 0.255 e. The van der Waals surface area contributed by atoms with Crippen LogP contribution in [0.15, 0.2) is 51.8 Å². The lowest BCUT2D eigenvalue weighted by Gasteiger charge is -2.11. The second kappa shape index (κ2) is 7.25. The molecule has 0 radical (unpaired) electrons. The monoisotopic (exact) mass is 396 g/mol.